The summed E-state index contributed by atoms with van der Waals surface area (Å²) in [6.45, 7) is 6.45. The van der Waals surface area contributed by atoms with Crippen molar-refractivity contribution in [2.75, 3.05) is 6.61 Å². The number of carbonyl (C=O) groups excluding carboxylic acids is 1. The van der Waals surface area contributed by atoms with Crippen molar-refractivity contribution in [1.82, 2.24) is 14.8 Å². The third kappa shape index (κ3) is 4.45. The van der Waals surface area contributed by atoms with Crippen molar-refractivity contribution in [3.8, 4) is 17.4 Å². The molecular formula is C16H19Cl2N3O2. The summed E-state index contributed by atoms with van der Waals surface area (Å²) in [5, 5.41) is 5.11. The van der Waals surface area contributed by atoms with Gasteiger partial charge < -0.3 is 4.74 Å². The predicted molar refractivity (Wildman–Crippen MR) is 91.3 cm³/mol. The molecule has 5 nitrogen and oxygen atoms in total. The molecule has 0 atom stereocenters. The van der Waals surface area contributed by atoms with E-state index in [4.69, 9.17) is 27.9 Å². The van der Waals surface area contributed by atoms with Gasteiger partial charge in [0, 0.05) is 17.0 Å². The third-order valence-corrected chi connectivity index (χ3v) is 3.55. The molecule has 0 saturated heterocycles. The van der Waals surface area contributed by atoms with Gasteiger partial charge in [-0.05, 0) is 30.5 Å². The minimum atomic E-state index is -0.152. The summed E-state index contributed by atoms with van der Waals surface area (Å²) < 4.78 is 6.80. The number of ether oxygens (including phenoxy) is 1. The third-order valence-electron chi connectivity index (χ3n) is 3.01. The zero-order chi connectivity index (χ0) is 17.0. The average molecular weight is 356 g/mol. The molecular weight excluding hydrogens is 337 g/mol. The molecule has 0 N–H and O–H groups in total. The minimum Gasteiger partial charge on any atom is -0.462 e. The number of hydrogen-bond acceptors (Lipinski definition) is 4. The van der Waals surface area contributed by atoms with Gasteiger partial charge in [-0.2, -0.15) is 9.67 Å². The first-order valence-corrected chi connectivity index (χ1v) is 8.26. The van der Waals surface area contributed by atoms with E-state index >= 15 is 0 Å². The fourth-order valence-corrected chi connectivity index (χ4v) is 2.43. The summed E-state index contributed by atoms with van der Waals surface area (Å²) in [5.41, 5.74) is 0.590. The SMILES string of the molecule is CCCC(=O)n1nc(OCC(C)C)nc1-c1ccc(Cl)cc1Cl. The molecule has 1 aromatic heterocycles. The summed E-state index contributed by atoms with van der Waals surface area (Å²) in [5.74, 6) is 0.542. The molecule has 0 unspecified atom stereocenters. The van der Waals surface area contributed by atoms with Crippen LogP contribution in [0, 0.1) is 5.92 Å². The van der Waals surface area contributed by atoms with Crippen molar-refractivity contribution in [2.24, 2.45) is 5.92 Å². The van der Waals surface area contributed by atoms with Crippen LogP contribution in [0.3, 0.4) is 0 Å². The van der Waals surface area contributed by atoms with Crippen LogP contribution in [0.2, 0.25) is 10.0 Å². The van der Waals surface area contributed by atoms with E-state index in [-0.39, 0.29) is 11.9 Å². The van der Waals surface area contributed by atoms with Gasteiger partial charge in [-0.3, -0.25) is 4.79 Å². The highest BCUT2D eigenvalue weighted by Crippen LogP contribution is 2.30. The standard InChI is InChI=1S/C16H19Cl2N3O2/c1-4-5-14(22)21-15(12-7-6-11(17)8-13(12)18)19-16(20-21)23-9-10(2)3/h6-8,10H,4-5,9H2,1-3H3. The van der Waals surface area contributed by atoms with Gasteiger partial charge in [-0.15, -0.1) is 5.10 Å². The van der Waals surface area contributed by atoms with Crippen LogP contribution in [-0.4, -0.2) is 27.3 Å². The van der Waals surface area contributed by atoms with Crippen molar-refractivity contribution in [3.05, 3.63) is 28.2 Å². The maximum absolute atomic E-state index is 12.3. The highest BCUT2D eigenvalue weighted by atomic mass is 35.5. The molecule has 1 aromatic carbocycles. The van der Waals surface area contributed by atoms with Crippen LogP contribution >= 0.6 is 23.2 Å². The minimum absolute atomic E-state index is 0.152. The lowest BCUT2D eigenvalue weighted by atomic mass is 10.2. The van der Waals surface area contributed by atoms with Crippen LogP contribution in [0.1, 0.15) is 38.4 Å². The van der Waals surface area contributed by atoms with Crippen LogP contribution in [0.5, 0.6) is 6.01 Å². The summed E-state index contributed by atoms with van der Waals surface area (Å²) in [7, 11) is 0. The predicted octanol–water partition coefficient (Wildman–Crippen LogP) is 4.73. The van der Waals surface area contributed by atoms with Gasteiger partial charge >= 0.3 is 6.01 Å². The second-order valence-electron chi connectivity index (χ2n) is 5.60. The molecule has 7 heteroatoms. The summed E-state index contributed by atoms with van der Waals surface area (Å²) in [6, 6.07) is 5.19. The second kappa shape index (κ2) is 7.79. The number of hydrogen-bond donors (Lipinski definition) is 0. The van der Waals surface area contributed by atoms with Crippen LogP contribution < -0.4 is 4.74 Å². The largest absolute Gasteiger partial charge is 0.462 e. The van der Waals surface area contributed by atoms with Crippen molar-refractivity contribution in [3.63, 3.8) is 0 Å². The van der Waals surface area contributed by atoms with Crippen LogP contribution in [0.25, 0.3) is 11.4 Å². The zero-order valence-electron chi connectivity index (χ0n) is 13.3. The van der Waals surface area contributed by atoms with E-state index < -0.39 is 0 Å². The number of nitrogens with zero attached hydrogens (tertiary/aromatic N) is 3. The lowest BCUT2D eigenvalue weighted by molar-refractivity contribution is 0.0885. The van der Waals surface area contributed by atoms with Gasteiger partial charge in [-0.1, -0.05) is 44.0 Å². The van der Waals surface area contributed by atoms with E-state index in [0.717, 1.165) is 0 Å². The van der Waals surface area contributed by atoms with Crippen molar-refractivity contribution in [1.29, 1.82) is 0 Å². The van der Waals surface area contributed by atoms with Crippen LogP contribution in [0.15, 0.2) is 18.2 Å². The number of carbonyl (C=O) groups is 1. The molecule has 0 amide bonds. The van der Waals surface area contributed by atoms with Crippen molar-refractivity contribution >= 4 is 29.1 Å². The fraction of sp³-hybridized carbons (Fsp3) is 0.438. The zero-order valence-corrected chi connectivity index (χ0v) is 14.9. The van der Waals surface area contributed by atoms with Gasteiger partial charge in [0.05, 0.1) is 11.6 Å². The summed E-state index contributed by atoms with van der Waals surface area (Å²) in [6.07, 6.45) is 1.08. The van der Waals surface area contributed by atoms with Gasteiger partial charge in [0.1, 0.15) is 0 Å². The number of halogens is 2. The number of aromatic nitrogens is 3. The van der Waals surface area contributed by atoms with Crippen molar-refractivity contribution < 1.29 is 9.53 Å². The molecule has 0 bridgehead atoms. The fourth-order valence-electron chi connectivity index (χ4n) is 1.93. The first-order valence-electron chi connectivity index (χ1n) is 7.50. The Balaban J connectivity index is 2.44. The van der Waals surface area contributed by atoms with E-state index in [2.05, 4.69) is 10.1 Å². The number of rotatable bonds is 6. The molecule has 0 saturated carbocycles. The first kappa shape index (κ1) is 17.8. The highest BCUT2D eigenvalue weighted by Gasteiger charge is 2.20. The molecule has 2 rings (SSSR count). The van der Waals surface area contributed by atoms with E-state index in [0.29, 0.717) is 46.8 Å². The molecule has 0 aliphatic rings. The Bertz CT molecular complexity index is 699. The molecule has 124 valence electrons. The Hall–Kier alpha value is -1.59. The lowest BCUT2D eigenvalue weighted by Gasteiger charge is -2.05. The molecule has 23 heavy (non-hydrogen) atoms. The first-order chi connectivity index (χ1) is 10.9. The monoisotopic (exact) mass is 355 g/mol. The van der Waals surface area contributed by atoms with E-state index in [9.17, 15) is 4.79 Å². The Morgan fingerprint density at radius 3 is 2.70 bits per heavy atom. The average Bonchev–Trinajstić information content (AvgIpc) is 2.89. The molecule has 2 aromatic rings. The smallest absolute Gasteiger partial charge is 0.336 e. The van der Waals surface area contributed by atoms with E-state index in [1.807, 2.05) is 20.8 Å². The molecule has 0 radical (unpaired) electrons. The van der Waals surface area contributed by atoms with E-state index in [1.165, 1.54) is 4.68 Å². The second-order valence-corrected chi connectivity index (χ2v) is 6.45. The molecule has 0 spiro atoms. The maximum atomic E-state index is 12.3. The Labute approximate surface area is 145 Å². The van der Waals surface area contributed by atoms with Crippen LogP contribution in [-0.2, 0) is 0 Å². The quantitative estimate of drug-likeness (QED) is 0.751. The normalized spacial score (nSPS) is 11.0. The van der Waals surface area contributed by atoms with Crippen molar-refractivity contribution in [2.45, 2.75) is 33.6 Å². The molecule has 0 aliphatic heterocycles. The van der Waals surface area contributed by atoms with E-state index in [1.54, 1.807) is 18.2 Å². The topological polar surface area (TPSA) is 57.0 Å². The highest BCUT2D eigenvalue weighted by molar-refractivity contribution is 6.36. The van der Waals surface area contributed by atoms with Gasteiger partial charge in [0.15, 0.2) is 5.82 Å². The lowest BCUT2D eigenvalue weighted by Crippen LogP contribution is -2.14. The maximum Gasteiger partial charge on any atom is 0.336 e. The Morgan fingerprint density at radius 1 is 1.35 bits per heavy atom. The van der Waals surface area contributed by atoms with Gasteiger partial charge in [0.25, 0.3) is 0 Å². The van der Waals surface area contributed by atoms with Gasteiger partial charge in [0.2, 0.25) is 5.91 Å². The summed E-state index contributed by atoms with van der Waals surface area (Å²) >= 11 is 12.2. The Morgan fingerprint density at radius 2 is 2.09 bits per heavy atom. The molecule has 0 aliphatic carbocycles. The summed E-state index contributed by atoms with van der Waals surface area (Å²) in [4.78, 5) is 16.6. The van der Waals surface area contributed by atoms with Crippen LogP contribution in [0.4, 0.5) is 0 Å². The number of benzene rings is 1. The molecule has 0 fully saturated rings. The Kier molecular flexibility index (Phi) is 6.02. The van der Waals surface area contributed by atoms with Gasteiger partial charge in [-0.25, -0.2) is 0 Å². The molecule has 1 heterocycles.